The van der Waals surface area contributed by atoms with Gasteiger partial charge in [0, 0.05) is 11.1 Å². The summed E-state index contributed by atoms with van der Waals surface area (Å²) in [5, 5.41) is 9.98. The Morgan fingerprint density at radius 3 is 2.46 bits per heavy atom. The Labute approximate surface area is 228 Å². The van der Waals surface area contributed by atoms with Gasteiger partial charge in [0.15, 0.2) is 16.3 Å². The van der Waals surface area contributed by atoms with Crippen molar-refractivity contribution in [1.82, 2.24) is 4.57 Å². The second-order valence-corrected chi connectivity index (χ2v) is 9.61. The van der Waals surface area contributed by atoms with Gasteiger partial charge in [-0.2, -0.15) is 0 Å². The summed E-state index contributed by atoms with van der Waals surface area (Å²) in [5.41, 5.74) is 2.38. The number of para-hydroxylation sites is 1. The lowest BCUT2D eigenvalue weighted by atomic mass is 9.92. The Morgan fingerprint density at radius 2 is 1.74 bits per heavy atom. The van der Waals surface area contributed by atoms with E-state index in [2.05, 4.69) is 0 Å². The summed E-state index contributed by atoms with van der Waals surface area (Å²) < 4.78 is 18.3. The Balaban J connectivity index is 1.84. The minimum atomic E-state index is -0.844. The van der Waals surface area contributed by atoms with Crippen LogP contribution in [-0.4, -0.2) is 36.5 Å². The van der Waals surface area contributed by atoms with Crippen molar-refractivity contribution >= 4 is 29.1 Å². The van der Waals surface area contributed by atoms with Crippen LogP contribution in [0, 0.1) is 0 Å². The van der Waals surface area contributed by atoms with E-state index >= 15 is 0 Å². The highest BCUT2D eigenvalue weighted by Gasteiger charge is 2.36. The molecule has 8 nitrogen and oxygen atoms in total. The molecule has 0 saturated carbocycles. The van der Waals surface area contributed by atoms with Crippen LogP contribution in [-0.2, 0) is 9.53 Å². The molecule has 0 amide bonds. The number of esters is 1. The summed E-state index contributed by atoms with van der Waals surface area (Å²) >= 11 is 1.21. The number of ether oxygens (including phenoxy) is 3. The molecular formula is C30H26N2O6S. The predicted molar refractivity (Wildman–Crippen MR) is 149 cm³/mol. The van der Waals surface area contributed by atoms with Gasteiger partial charge < -0.3 is 19.3 Å². The van der Waals surface area contributed by atoms with Gasteiger partial charge in [-0.05, 0) is 36.8 Å². The molecule has 0 saturated heterocycles. The third-order valence-corrected chi connectivity index (χ3v) is 7.29. The number of rotatable bonds is 7. The van der Waals surface area contributed by atoms with Crippen LogP contribution in [0.2, 0.25) is 0 Å². The first-order chi connectivity index (χ1) is 19.0. The van der Waals surface area contributed by atoms with Crippen molar-refractivity contribution in [1.29, 1.82) is 0 Å². The molecule has 0 unspecified atom stereocenters. The molecule has 0 fully saturated rings. The Kier molecular flexibility index (Phi) is 7.33. The van der Waals surface area contributed by atoms with Gasteiger partial charge in [-0.3, -0.25) is 9.36 Å². The van der Waals surface area contributed by atoms with Gasteiger partial charge in [-0.25, -0.2) is 9.79 Å². The third-order valence-electron chi connectivity index (χ3n) is 6.31. The zero-order valence-corrected chi connectivity index (χ0v) is 22.4. The SMILES string of the molecule is CCOC(=O)C1=C(c2ccccc2)N=c2s/c(=C/c3ccc(O)c(OC)c3)c(=O)n2[C@H]1c1ccccc1OC. The number of phenols is 1. The number of methoxy groups -OCH3 is 2. The first-order valence-electron chi connectivity index (χ1n) is 12.2. The Bertz CT molecular complexity index is 1750. The van der Waals surface area contributed by atoms with Crippen LogP contribution in [0.4, 0.5) is 0 Å². The molecule has 5 rings (SSSR count). The second kappa shape index (κ2) is 11.0. The molecule has 1 aliphatic heterocycles. The molecule has 198 valence electrons. The summed E-state index contributed by atoms with van der Waals surface area (Å²) in [4.78, 5) is 32.8. The first-order valence-corrected chi connectivity index (χ1v) is 13.1. The monoisotopic (exact) mass is 542 g/mol. The number of aromatic nitrogens is 1. The van der Waals surface area contributed by atoms with E-state index in [-0.39, 0.29) is 23.5 Å². The lowest BCUT2D eigenvalue weighted by Crippen LogP contribution is -2.40. The fourth-order valence-electron chi connectivity index (χ4n) is 4.56. The Hall–Kier alpha value is -4.63. The molecule has 3 aromatic carbocycles. The van der Waals surface area contributed by atoms with E-state index in [1.165, 1.54) is 29.1 Å². The van der Waals surface area contributed by atoms with E-state index in [0.717, 1.165) is 5.56 Å². The van der Waals surface area contributed by atoms with Gasteiger partial charge in [0.1, 0.15) is 11.8 Å². The van der Waals surface area contributed by atoms with Crippen LogP contribution in [0.25, 0.3) is 11.8 Å². The summed E-state index contributed by atoms with van der Waals surface area (Å²) in [7, 11) is 3.01. The minimum Gasteiger partial charge on any atom is -0.504 e. The van der Waals surface area contributed by atoms with Crippen molar-refractivity contribution < 1.29 is 24.1 Å². The van der Waals surface area contributed by atoms with Crippen molar-refractivity contribution in [2.45, 2.75) is 13.0 Å². The van der Waals surface area contributed by atoms with Crippen LogP contribution in [0.1, 0.15) is 29.7 Å². The molecule has 0 radical (unpaired) electrons. The predicted octanol–water partition coefficient (Wildman–Crippen LogP) is 3.66. The van der Waals surface area contributed by atoms with E-state index in [1.807, 2.05) is 48.5 Å². The number of hydrogen-bond acceptors (Lipinski definition) is 8. The van der Waals surface area contributed by atoms with E-state index < -0.39 is 12.0 Å². The standard InChI is InChI=1S/C30H26N2O6S/c1-4-38-29(35)25-26(19-10-6-5-7-11-19)31-30-32(27(25)20-12-8-9-13-22(20)36-2)28(34)24(39-30)17-18-14-15-21(33)23(16-18)37-3/h5-17,27,33H,4H2,1-3H3/b24-17+/t27-/m0/s1. The molecule has 39 heavy (non-hydrogen) atoms. The second-order valence-electron chi connectivity index (χ2n) is 8.60. The van der Waals surface area contributed by atoms with E-state index in [1.54, 1.807) is 38.3 Å². The maximum atomic E-state index is 14.0. The van der Waals surface area contributed by atoms with Crippen molar-refractivity contribution in [3.8, 4) is 17.2 Å². The summed E-state index contributed by atoms with van der Waals surface area (Å²) in [5.74, 6) is 0.253. The topological polar surface area (TPSA) is 99.4 Å². The van der Waals surface area contributed by atoms with E-state index in [0.29, 0.717) is 37.7 Å². The lowest BCUT2D eigenvalue weighted by Gasteiger charge is -2.27. The summed E-state index contributed by atoms with van der Waals surface area (Å²) in [6.45, 7) is 1.90. The molecule has 0 bridgehead atoms. The smallest absolute Gasteiger partial charge is 0.338 e. The number of carbonyl (C=O) groups is 1. The molecular weight excluding hydrogens is 516 g/mol. The number of phenolic OH excluding ortho intramolecular Hbond substituents is 1. The average Bonchev–Trinajstić information content (AvgIpc) is 3.27. The van der Waals surface area contributed by atoms with Gasteiger partial charge in [-0.1, -0.05) is 65.9 Å². The molecule has 0 spiro atoms. The van der Waals surface area contributed by atoms with Crippen LogP contribution >= 0.6 is 11.3 Å². The third kappa shape index (κ3) is 4.84. The number of fused-ring (bicyclic) bond motifs is 1. The van der Waals surface area contributed by atoms with E-state index in [4.69, 9.17) is 19.2 Å². The molecule has 1 atom stereocenters. The lowest BCUT2D eigenvalue weighted by molar-refractivity contribution is -0.138. The molecule has 1 aliphatic rings. The average molecular weight is 543 g/mol. The molecule has 0 aliphatic carbocycles. The maximum Gasteiger partial charge on any atom is 0.338 e. The van der Waals surface area contributed by atoms with Crippen molar-refractivity contribution in [2.24, 2.45) is 4.99 Å². The number of benzene rings is 3. The van der Waals surface area contributed by atoms with E-state index in [9.17, 15) is 14.7 Å². The molecule has 1 aromatic heterocycles. The van der Waals surface area contributed by atoms with Crippen LogP contribution in [0.15, 0.2) is 88.2 Å². The van der Waals surface area contributed by atoms with Crippen LogP contribution in [0.5, 0.6) is 17.2 Å². The molecule has 2 heterocycles. The highest BCUT2D eigenvalue weighted by Crippen LogP contribution is 2.38. The number of nitrogens with zero attached hydrogens (tertiary/aromatic N) is 2. The fraction of sp³-hybridized carbons (Fsp3) is 0.167. The zero-order chi connectivity index (χ0) is 27.5. The number of carbonyl (C=O) groups excluding carboxylic acids is 1. The largest absolute Gasteiger partial charge is 0.504 e. The van der Waals surface area contributed by atoms with Gasteiger partial charge in [0.25, 0.3) is 5.56 Å². The summed E-state index contributed by atoms with van der Waals surface area (Å²) in [6, 6.07) is 20.6. The quantitative estimate of drug-likeness (QED) is 0.358. The van der Waals surface area contributed by atoms with Gasteiger partial charge in [0.05, 0.1) is 36.6 Å². The Morgan fingerprint density at radius 1 is 1.03 bits per heavy atom. The van der Waals surface area contributed by atoms with Crippen LogP contribution < -0.4 is 24.4 Å². The highest BCUT2D eigenvalue weighted by molar-refractivity contribution is 7.07. The van der Waals surface area contributed by atoms with Gasteiger partial charge >= 0.3 is 5.97 Å². The normalized spacial score (nSPS) is 14.9. The van der Waals surface area contributed by atoms with Gasteiger partial charge in [-0.15, -0.1) is 0 Å². The van der Waals surface area contributed by atoms with Crippen LogP contribution in [0.3, 0.4) is 0 Å². The zero-order valence-electron chi connectivity index (χ0n) is 21.6. The van der Waals surface area contributed by atoms with Gasteiger partial charge in [0.2, 0.25) is 0 Å². The fourth-order valence-corrected chi connectivity index (χ4v) is 5.56. The number of thiazole rings is 1. The molecule has 4 aromatic rings. The first kappa shape index (κ1) is 26.0. The number of aromatic hydroxyl groups is 1. The minimum absolute atomic E-state index is 0.00105. The highest BCUT2D eigenvalue weighted by atomic mass is 32.1. The van der Waals surface area contributed by atoms with Crippen molar-refractivity contribution in [2.75, 3.05) is 20.8 Å². The maximum absolute atomic E-state index is 14.0. The number of hydrogen-bond donors (Lipinski definition) is 1. The molecule has 9 heteroatoms. The van der Waals surface area contributed by atoms with Crippen molar-refractivity contribution in [3.05, 3.63) is 115 Å². The molecule has 1 N–H and O–H groups in total. The summed E-state index contributed by atoms with van der Waals surface area (Å²) in [6.07, 6.45) is 1.71. The van der Waals surface area contributed by atoms with Crippen molar-refractivity contribution in [3.63, 3.8) is 0 Å².